The number of hydrogen-bond donors (Lipinski definition) is 1. The van der Waals surface area contributed by atoms with Crippen LogP contribution in [-0.2, 0) is 0 Å². The number of carbonyl (C=O) groups excluding carboxylic acids is 1. The molecule has 2 aromatic carbocycles. The van der Waals surface area contributed by atoms with Gasteiger partial charge < -0.3 is 10.2 Å². The van der Waals surface area contributed by atoms with Crippen molar-refractivity contribution in [3.05, 3.63) is 87.8 Å². The summed E-state index contributed by atoms with van der Waals surface area (Å²) in [6.45, 7) is 1.47. The molecule has 36 heavy (non-hydrogen) atoms. The van der Waals surface area contributed by atoms with Crippen LogP contribution in [0.4, 0.5) is 5.95 Å². The fraction of sp³-hybridized carbons (Fsp3) is 0.286. The monoisotopic (exact) mass is 497 g/mol. The van der Waals surface area contributed by atoms with Gasteiger partial charge >= 0.3 is 0 Å². The fourth-order valence-electron chi connectivity index (χ4n) is 5.55. The molecule has 1 saturated heterocycles. The summed E-state index contributed by atoms with van der Waals surface area (Å²) in [5, 5.41) is 4.84. The molecule has 2 atom stereocenters. The van der Waals surface area contributed by atoms with Crippen LogP contribution < -0.4 is 10.9 Å². The first-order valence-corrected chi connectivity index (χ1v) is 12.7. The van der Waals surface area contributed by atoms with Gasteiger partial charge in [-0.25, -0.2) is 4.98 Å². The van der Waals surface area contributed by atoms with Crippen LogP contribution in [0.5, 0.6) is 0 Å². The van der Waals surface area contributed by atoms with Gasteiger partial charge in [-0.3, -0.25) is 14.2 Å². The van der Waals surface area contributed by atoms with Crippen LogP contribution in [0.2, 0.25) is 5.02 Å². The van der Waals surface area contributed by atoms with Gasteiger partial charge in [0.1, 0.15) is 5.65 Å². The van der Waals surface area contributed by atoms with E-state index >= 15 is 0 Å². The van der Waals surface area contributed by atoms with E-state index in [4.69, 9.17) is 16.6 Å². The Morgan fingerprint density at radius 1 is 0.972 bits per heavy atom. The number of fused-ring (bicyclic) bond motifs is 2. The van der Waals surface area contributed by atoms with Crippen LogP contribution in [0.25, 0.3) is 22.2 Å². The van der Waals surface area contributed by atoms with Crippen molar-refractivity contribution >= 4 is 34.5 Å². The summed E-state index contributed by atoms with van der Waals surface area (Å²) in [5.41, 5.74) is 2.62. The molecule has 2 unspecified atom stereocenters. The number of carbonyl (C=O) groups is 1. The Bertz CT molecular complexity index is 1550. The van der Waals surface area contributed by atoms with E-state index in [0.29, 0.717) is 34.0 Å². The molecule has 2 saturated carbocycles. The zero-order valence-corrected chi connectivity index (χ0v) is 20.2. The van der Waals surface area contributed by atoms with Crippen LogP contribution in [0.15, 0.2) is 71.7 Å². The maximum absolute atomic E-state index is 13.5. The quantitative estimate of drug-likeness (QED) is 0.435. The summed E-state index contributed by atoms with van der Waals surface area (Å²) < 4.78 is 1.81. The molecule has 7 nitrogen and oxygen atoms in total. The number of piperidine rings is 1. The summed E-state index contributed by atoms with van der Waals surface area (Å²) in [4.78, 5) is 37.6. The van der Waals surface area contributed by atoms with E-state index in [9.17, 15) is 9.59 Å². The minimum Gasteiger partial charge on any atom is -0.351 e. The van der Waals surface area contributed by atoms with Crippen LogP contribution >= 0.6 is 11.6 Å². The van der Waals surface area contributed by atoms with Gasteiger partial charge in [0.2, 0.25) is 5.95 Å². The number of aromatic nitrogens is 3. The van der Waals surface area contributed by atoms with Gasteiger partial charge in [0, 0.05) is 70.3 Å². The Morgan fingerprint density at radius 2 is 1.69 bits per heavy atom. The molecule has 3 fully saturated rings. The third-order valence-electron chi connectivity index (χ3n) is 7.65. The van der Waals surface area contributed by atoms with E-state index < -0.39 is 0 Å². The summed E-state index contributed by atoms with van der Waals surface area (Å²) >= 11 is 6.42. The summed E-state index contributed by atoms with van der Waals surface area (Å²) in [6, 6.07) is 19.1. The highest BCUT2D eigenvalue weighted by atomic mass is 35.5. The summed E-state index contributed by atoms with van der Waals surface area (Å²) in [6.07, 6.45) is 3.71. The maximum Gasteiger partial charge on any atom is 0.260 e. The van der Waals surface area contributed by atoms with Crippen molar-refractivity contribution in [2.24, 2.45) is 11.8 Å². The molecule has 3 heterocycles. The number of hydrogen-bond acceptors (Lipinski definition) is 5. The molecule has 1 amide bonds. The number of pyridine rings is 1. The lowest BCUT2D eigenvalue weighted by atomic mass is 10.1. The third kappa shape index (κ3) is 3.57. The Kier molecular flexibility index (Phi) is 4.89. The maximum atomic E-state index is 13.5. The number of anilines is 1. The van der Waals surface area contributed by atoms with Crippen molar-refractivity contribution in [1.29, 1.82) is 0 Å². The molecule has 0 spiro atoms. The second-order valence-corrected chi connectivity index (χ2v) is 10.4. The number of benzene rings is 2. The predicted octanol–water partition coefficient (Wildman–Crippen LogP) is 4.63. The molecular weight excluding hydrogens is 474 g/mol. The van der Waals surface area contributed by atoms with Crippen LogP contribution in [0.1, 0.15) is 29.2 Å². The fourth-order valence-corrected chi connectivity index (χ4v) is 5.79. The minimum atomic E-state index is -0.0684. The molecule has 7 rings (SSSR count). The Morgan fingerprint density at radius 3 is 2.42 bits per heavy atom. The lowest BCUT2D eigenvalue weighted by molar-refractivity contribution is 0.0774. The Balaban J connectivity index is 1.14. The summed E-state index contributed by atoms with van der Waals surface area (Å²) in [5.74, 6) is 1.41. The van der Waals surface area contributed by atoms with Crippen molar-refractivity contribution in [2.45, 2.75) is 24.9 Å². The molecule has 3 aliphatic rings. The van der Waals surface area contributed by atoms with Crippen molar-refractivity contribution in [3.8, 4) is 11.1 Å². The molecule has 1 N–H and O–H groups in total. The normalized spacial score (nSPS) is 22.5. The van der Waals surface area contributed by atoms with Gasteiger partial charge in [-0.05, 0) is 37.1 Å². The lowest BCUT2D eigenvalue weighted by Gasteiger charge is -2.20. The smallest absolute Gasteiger partial charge is 0.260 e. The van der Waals surface area contributed by atoms with Crippen molar-refractivity contribution in [3.63, 3.8) is 0 Å². The SMILES string of the molecule is O=C(c1ccccc1)N1CC2C(C1)C2Nc1ncc2cc(-c3ccccc3Cl)c(=O)n(C3CC3)c2n1. The largest absolute Gasteiger partial charge is 0.351 e. The predicted molar refractivity (Wildman–Crippen MR) is 139 cm³/mol. The molecule has 0 radical (unpaired) electrons. The first kappa shape index (κ1) is 21.6. The highest BCUT2D eigenvalue weighted by molar-refractivity contribution is 6.33. The molecule has 1 aliphatic heterocycles. The topological polar surface area (TPSA) is 80.1 Å². The zero-order valence-electron chi connectivity index (χ0n) is 19.5. The Labute approximate surface area is 212 Å². The number of nitrogens with zero attached hydrogens (tertiary/aromatic N) is 4. The average molecular weight is 498 g/mol. The van der Waals surface area contributed by atoms with E-state index in [-0.39, 0.29) is 23.6 Å². The number of likely N-dealkylation sites (tertiary alicyclic amines) is 1. The van der Waals surface area contributed by atoms with E-state index in [1.54, 1.807) is 12.3 Å². The molecule has 2 aromatic heterocycles. The molecular formula is C28H24ClN5O2. The summed E-state index contributed by atoms with van der Waals surface area (Å²) in [7, 11) is 0. The van der Waals surface area contributed by atoms with Crippen LogP contribution in [0, 0.1) is 11.8 Å². The molecule has 180 valence electrons. The van der Waals surface area contributed by atoms with Crippen molar-refractivity contribution < 1.29 is 4.79 Å². The average Bonchev–Trinajstić information content (AvgIpc) is 3.80. The number of rotatable bonds is 5. The van der Waals surface area contributed by atoms with Gasteiger partial charge in [-0.1, -0.05) is 48.0 Å². The highest BCUT2D eigenvalue weighted by Crippen LogP contribution is 2.47. The van der Waals surface area contributed by atoms with Gasteiger partial charge in [-0.2, -0.15) is 4.98 Å². The lowest BCUT2D eigenvalue weighted by Crippen LogP contribution is -2.33. The zero-order chi connectivity index (χ0) is 24.4. The van der Waals surface area contributed by atoms with E-state index in [1.807, 2.05) is 64.1 Å². The van der Waals surface area contributed by atoms with E-state index in [0.717, 1.165) is 42.4 Å². The van der Waals surface area contributed by atoms with Crippen LogP contribution in [-0.4, -0.2) is 44.5 Å². The molecule has 8 heteroatoms. The molecule has 4 aromatic rings. The minimum absolute atomic E-state index is 0.0684. The van der Waals surface area contributed by atoms with Gasteiger partial charge in [0.25, 0.3) is 11.5 Å². The second kappa shape index (κ2) is 8.17. The van der Waals surface area contributed by atoms with E-state index in [1.165, 1.54) is 0 Å². The highest BCUT2D eigenvalue weighted by Gasteiger charge is 2.57. The van der Waals surface area contributed by atoms with Crippen LogP contribution in [0.3, 0.4) is 0 Å². The first-order valence-electron chi connectivity index (χ1n) is 12.4. The number of amides is 1. The van der Waals surface area contributed by atoms with Gasteiger partial charge in [-0.15, -0.1) is 0 Å². The number of nitrogens with one attached hydrogen (secondary N) is 1. The van der Waals surface area contributed by atoms with E-state index in [2.05, 4.69) is 10.3 Å². The van der Waals surface area contributed by atoms with Crippen molar-refractivity contribution in [1.82, 2.24) is 19.4 Å². The third-order valence-corrected chi connectivity index (χ3v) is 7.98. The van der Waals surface area contributed by atoms with Gasteiger partial charge in [0.05, 0.1) is 0 Å². The van der Waals surface area contributed by atoms with Gasteiger partial charge in [0.15, 0.2) is 0 Å². The van der Waals surface area contributed by atoms with Crippen molar-refractivity contribution in [2.75, 3.05) is 18.4 Å². The first-order chi connectivity index (χ1) is 17.6. The molecule has 2 aliphatic carbocycles. The number of halogens is 1. The second-order valence-electron chi connectivity index (χ2n) is 9.99. The molecule has 0 bridgehead atoms. The Hall–Kier alpha value is -3.71. The standard InChI is InChI=1S/C28H24ClN5O2/c29-23-9-5-4-8-19(23)20-12-17-13-30-28(32-25(17)34(27(20)36)18-10-11-18)31-24-21-14-33(15-22(21)24)26(35)16-6-2-1-3-7-16/h1-9,12-13,18,21-22,24H,10-11,14-15H2,(H,30,31,32).